The first-order valence-electron chi connectivity index (χ1n) is 11.2. The number of benzene rings is 3. The summed E-state index contributed by atoms with van der Waals surface area (Å²) in [6.45, 7) is 13.8. The summed E-state index contributed by atoms with van der Waals surface area (Å²) in [4.78, 5) is 11.6. The molecule has 4 heteroatoms. The molecule has 0 aliphatic heterocycles. The normalized spacial score (nSPS) is 11.8. The molecule has 0 aromatic heterocycles. The van der Waals surface area contributed by atoms with Crippen molar-refractivity contribution in [3.63, 3.8) is 0 Å². The first-order chi connectivity index (χ1) is 15.4. The minimum Gasteiger partial charge on any atom is -0.489 e. The lowest BCUT2D eigenvalue weighted by Crippen LogP contribution is -2.11. The van der Waals surface area contributed by atoms with Crippen LogP contribution in [0, 0.1) is 0 Å². The Bertz CT molecular complexity index is 1000. The fourth-order valence-corrected chi connectivity index (χ4v) is 3.40. The van der Waals surface area contributed by atoms with Gasteiger partial charge in [0.15, 0.2) is 0 Å². The van der Waals surface area contributed by atoms with Crippen molar-refractivity contribution in [3.8, 4) is 11.5 Å². The van der Waals surface area contributed by atoms with E-state index >= 15 is 0 Å². The first kappa shape index (κ1) is 24.4. The Morgan fingerprint density at radius 3 is 1.33 bits per heavy atom. The van der Waals surface area contributed by atoms with Gasteiger partial charge >= 0.3 is 5.97 Å². The zero-order chi connectivity index (χ0) is 24.2. The summed E-state index contributed by atoms with van der Waals surface area (Å²) in [5.41, 5.74) is 4.86. The van der Waals surface area contributed by atoms with Gasteiger partial charge in [0.1, 0.15) is 24.7 Å². The zero-order valence-corrected chi connectivity index (χ0v) is 20.4. The van der Waals surface area contributed by atoms with Crippen molar-refractivity contribution in [2.45, 2.75) is 65.6 Å². The van der Waals surface area contributed by atoms with E-state index < -0.39 is 5.97 Å². The van der Waals surface area contributed by atoms with Crippen molar-refractivity contribution in [3.05, 3.63) is 94.5 Å². The molecule has 0 atom stereocenters. The summed E-state index contributed by atoms with van der Waals surface area (Å²) in [5.74, 6) is -0.0879. The number of rotatable bonds is 7. The van der Waals surface area contributed by atoms with E-state index in [-0.39, 0.29) is 16.4 Å². The highest BCUT2D eigenvalue weighted by Gasteiger charge is 2.14. The van der Waals surface area contributed by atoms with Gasteiger partial charge in [-0.05, 0) is 45.2 Å². The molecule has 174 valence electrons. The summed E-state index contributed by atoms with van der Waals surface area (Å²) >= 11 is 0. The predicted molar refractivity (Wildman–Crippen MR) is 132 cm³/mol. The largest absolute Gasteiger partial charge is 0.489 e. The lowest BCUT2D eigenvalue weighted by atomic mass is 9.87. The van der Waals surface area contributed by atoms with E-state index in [4.69, 9.17) is 9.47 Å². The van der Waals surface area contributed by atoms with Gasteiger partial charge in [0, 0.05) is 6.07 Å². The van der Waals surface area contributed by atoms with Crippen LogP contribution in [0.2, 0.25) is 0 Å². The van der Waals surface area contributed by atoms with E-state index in [9.17, 15) is 9.90 Å². The van der Waals surface area contributed by atoms with Crippen molar-refractivity contribution in [2.24, 2.45) is 0 Å². The molecule has 0 aliphatic rings. The highest BCUT2D eigenvalue weighted by molar-refractivity contribution is 5.88. The minimum atomic E-state index is -1.02. The molecule has 33 heavy (non-hydrogen) atoms. The van der Waals surface area contributed by atoms with Crippen molar-refractivity contribution in [2.75, 3.05) is 0 Å². The van der Waals surface area contributed by atoms with E-state index in [1.54, 1.807) is 6.07 Å². The second kappa shape index (κ2) is 9.70. The fraction of sp³-hybridized carbons (Fsp3) is 0.345. The van der Waals surface area contributed by atoms with E-state index in [1.807, 2.05) is 24.3 Å². The van der Waals surface area contributed by atoms with Crippen LogP contribution in [0.15, 0.2) is 66.7 Å². The van der Waals surface area contributed by atoms with Gasteiger partial charge in [-0.25, -0.2) is 4.79 Å². The van der Waals surface area contributed by atoms with Crippen molar-refractivity contribution in [1.29, 1.82) is 0 Å². The van der Waals surface area contributed by atoms with Gasteiger partial charge in [-0.1, -0.05) is 90.1 Å². The van der Waals surface area contributed by atoms with Crippen LogP contribution in [-0.4, -0.2) is 11.1 Å². The van der Waals surface area contributed by atoms with E-state index in [2.05, 4.69) is 65.8 Å². The molecule has 3 aromatic rings. The second-order valence-corrected chi connectivity index (χ2v) is 10.5. The molecule has 3 rings (SSSR count). The molecular formula is C29H34O4. The molecular weight excluding hydrogens is 412 g/mol. The third-order valence-corrected chi connectivity index (χ3v) is 5.58. The van der Waals surface area contributed by atoms with Gasteiger partial charge < -0.3 is 14.6 Å². The SMILES string of the molecule is CC(C)(C)c1ccc(COc2cc(OCc3ccc(C(C)(C)C)cc3)cc(C(=O)O)c2)cc1. The fourth-order valence-electron chi connectivity index (χ4n) is 3.40. The second-order valence-electron chi connectivity index (χ2n) is 10.5. The molecule has 1 N–H and O–H groups in total. The molecule has 0 fully saturated rings. The Morgan fingerprint density at radius 1 is 0.667 bits per heavy atom. The number of carboxylic acids is 1. The first-order valence-corrected chi connectivity index (χ1v) is 11.2. The molecule has 0 spiro atoms. The number of carbonyl (C=O) groups is 1. The lowest BCUT2D eigenvalue weighted by Gasteiger charge is -2.19. The van der Waals surface area contributed by atoms with Crippen molar-refractivity contribution < 1.29 is 19.4 Å². The molecule has 3 aromatic carbocycles. The molecule has 0 amide bonds. The lowest BCUT2D eigenvalue weighted by molar-refractivity contribution is 0.0695. The maximum absolute atomic E-state index is 11.6. The van der Waals surface area contributed by atoms with Crippen LogP contribution in [0.5, 0.6) is 11.5 Å². The van der Waals surface area contributed by atoms with Gasteiger partial charge in [0.05, 0.1) is 5.56 Å². The Labute approximate surface area is 197 Å². The number of hydrogen-bond donors (Lipinski definition) is 1. The molecule has 0 saturated heterocycles. The predicted octanol–water partition coefficient (Wildman–Crippen LogP) is 7.14. The van der Waals surface area contributed by atoms with Gasteiger partial charge in [-0.3, -0.25) is 0 Å². The average Bonchev–Trinajstić information content (AvgIpc) is 2.75. The third-order valence-electron chi connectivity index (χ3n) is 5.58. The number of carboxylic acid groups (broad SMARTS) is 1. The van der Waals surface area contributed by atoms with Crippen LogP contribution in [-0.2, 0) is 24.0 Å². The summed E-state index contributed by atoms with van der Waals surface area (Å²) in [5, 5.41) is 9.51. The molecule has 0 heterocycles. The molecule has 0 aliphatic carbocycles. The summed E-state index contributed by atoms with van der Waals surface area (Å²) < 4.78 is 11.8. The van der Waals surface area contributed by atoms with Crippen LogP contribution in [0.4, 0.5) is 0 Å². The van der Waals surface area contributed by atoms with Crippen LogP contribution < -0.4 is 9.47 Å². The van der Waals surface area contributed by atoms with Gasteiger partial charge in [0.2, 0.25) is 0 Å². The van der Waals surface area contributed by atoms with Gasteiger partial charge in [-0.15, -0.1) is 0 Å². The molecule has 0 radical (unpaired) electrons. The van der Waals surface area contributed by atoms with Crippen LogP contribution in [0.1, 0.15) is 74.2 Å². The monoisotopic (exact) mass is 446 g/mol. The highest BCUT2D eigenvalue weighted by atomic mass is 16.5. The van der Waals surface area contributed by atoms with Crippen molar-refractivity contribution in [1.82, 2.24) is 0 Å². The Balaban J connectivity index is 1.69. The minimum absolute atomic E-state index is 0.0918. The van der Waals surface area contributed by atoms with Gasteiger partial charge in [-0.2, -0.15) is 0 Å². The molecule has 0 bridgehead atoms. The Hall–Kier alpha value is -3.27. The van der Waals surface area contributed by atoms with Crippen LogP contribution >= 0.6 is 0 Å². The highest BCUT2D eigenvalue weighted by Crippen LogP contribution is 2.27. The maximum atomic E-state index is 11.6. The van der Waals surface area contributed by atoms with Gasteiger partial charge in [0.25, 0.3) is 0 Å². The Kier molecular flexibility index (Phi) is 7.16. The van der Waals surface area contributed by atoms with E-state index in [0.717, 1.165) is 11.1 Å². The van der Waals surface area contributed by atoms with Crippen molar-refractivity contribution >= 4 is 5.97 Å². The molecule has 0 saturated carbocycles. The van der Waals surface area contributed by atoms with E-state index in [0.29, 0.717) is 24.7 Å². The average molecular weight is 447 g/mol. The Morgan fingerprint density at radius 2 is 1.03 bits per heavy atom. The maximum Gasteiger partial charge on any atom is 0.335 e. The summed E-state index contributed by atoms with van der Waals surface area (Å²) in [6, 6.07) is 21.4. The number of ether oxygens (including phenoxy) is 2. The van der Waals surface area contributed by atoms with Crippen LogP contribution in [0.3, 0.4) is 0 Å². The standard InChI is InChI=1S/C29H34O4/c1-28(2,3)23-11-7-20(8-12-23)18-32-25-15-22(27(30)31)16-26(17-25)33-19-21-9-13-24(14-10-21)29(4,5)6/h7-17H,18-19H2,1-6H3,(H,30,31). The van der Waals surface area contributed by atoms with Crippen LogP contribution in [0.25, 0.3) is 0 Å². The topological polar surface area (TPSA) is 55.8 Å². The van der Waals surface area contributed by atoms with E-state index in [1.165, 1.54) is 23.3 Å². The quantitative estimate of drug-likeness (QED) is 0.419. The number of aromatic carboxylic acids is 1. The third kappa shape index (κ3) is 6.85. The summed E-state index contributed by atoms with van der Waals surface area (Å²) in [6.07, 6.45) is 0. The molecule has 0 unspecified atom stereocenters. The zero-order valence-electron chi connectivity index (χ0n) is 20.4. The molecule has 4 nitrogen and oxygen atoms in total. The smallest absolute Gasteiger partial charge is 0.335 e. The summed E-state index contributed by atoms with van der Waals surface area (Å²) in [7, 11) is 0. The number of hydrogen-bond acceptors (Lipinski definition) is 3.